The summed E-state index contributed by atoms with van der Waals surface area (Å²) < 4.78 is 1.45. The molecule has 0 saturated carbocycles. The number of hydrogen-bond acceptors (Lipinski definition) is 3. The van der Waals surface area contributed by atoms with Gasteiger partial charge < -0.3 is 5.73 Å². The highest BCUT2D eigenvalue weighted by atomic mass is 16.1. The zero-order valence-corrected chi connectivity index (χ0v) is 10.6. The van der Waals surface area contributed by atoms with Crippen LogP contribution in [0.4, 0.5) is 0 Å². The summed E-state index contributed by atoms with van der Waals surface area (Å²) in [4.78, 5) is 12.2. The number of aromatic nitrogens is 2. The van der Waals surface area contributed by atoms with Crippen LogP contribution in [0.2, 0.25) is 0 Å². The molecule has 2 N–H and O–H groups in total. The van der Waals surface area contributed by atoms with Crippen molar-refractivity contribution in [2.24, 2.45) is 5.73 Å². The molecule has 0 aliphatic carbocycles. The summed E-state index contributed by atoms with van der Waals surface area (Å²) >= 11 is 0. The van der Waals surface area contributed by atoms with E-state index in [9.17, 15) is 4.79 Å². The number of nitrogens with zero attached hydrogens (tertiary/aromatic N) is 2. The van der Waals surface area contributed by atoms with Gasteiger partial charge in [0.1, 0.15) is 0 Å². The lowest BCUT2D eigenvalue weighted by Crippen LogP contribution is -2.30. The Kier molecular flexibility index (Phi) is 3.58. The highest BCUT2D eigenvalue weighted by Gasteiger charge is 2.14. The van der Waals surface area contributed by atoms with Gasteiger partial charge in [0.15, 0.2) is 0 Å². The predicted octanol–water partition coefficient (Wildman–Crippen LogP) is 1.62. The fourth-order valence-corrected chi connectivity index (χ4v) is 1.98. The molecular weight excluding hydrogens is 226 g/mol. The maximum Gasteiger partial charge on any atom is 0.271 e. The van der Waals surface area contributed by atoms with Crippen molar-refractivity contribution < 1.29 is 0 Å². The molecule has 1 heterocycles. The fraction of sp³-hybridized carbons (Fsp3) is 0.286. The summed E-state index contributed by atoms with van der Waals surface area (Å²) in [7, 11) is 0. The van der Waals surface area contributed by atoms with E-state index in [0.29, 0.717) is 12.1 Å². The molecule has 0 fully saturated rings. The highest BCUT2D eigenvalue weighted by Crippen LogP contribution is 2.16. The van der Waals surface area contributed by atoms with Gasteiger partial charge in [-0.15, -0.1) is 0 Å². The first-order valence-electron chi connectivity index (χ1n) is 6.02. The lowest BCUT2D eigenvalue weighted by Gasteiger charge is -2.14. The molecule has 4 nitrogen and oxygen atoms in total. The summed E-state index contributed by atoms with van der Waals surface area (Å²) in [6, 6.07) is 11.0. The largest absolute Gasteiger partial charge is 0.320 e. The molecule has 2 rings (SSSR count). The molecule has 0 amide bonds. The molecule has 0 spiro atoms. The first kappa shape index (κ1) is 12.5. The van der Waals surface area contributed by atoms with Crippen LogP contribution in [0.25, 0.3) is 0 Å². The Morgan fingerprint density at radius 2 is 2.00 bits per heavy atom. The van der Waals surface area contributed by atoms with Crippen molar-refractivity contribution in [1.82, 2.24) is 9.78 Å². The maximum atomic E-state index is 12.2. The Balaban J connectivity index is 2.52. The van der Waals surface area contributed by atoms with E-state index in [1.807, 2.05) is 44.2 Å². The SMILES string of the molecule is CCn1nc(C)cc(C(N)c2ccccc2)c1=O. The van der Waals surface area contributed by atoms with Crippen LogP contribution in [-0.2, 0) is 6.54 Å². The molecule has 0 bridgehead atoms. The van der Waals surface area contributed by atoms with Crippen LogP contribution in [-0.4, -0.2) is 9.78 Å². The van der Waals surface area contributed by atoms with Gasteiger partial charge in [-0.25, -0.2) is 4.68 Å². The average molecular weight is 243 g/mol. The molecule has 1 aromatic heterocycles. The van der Waals surface area contributed by atoms with Crippen LogP contribution in [0.3, 0.4) is 0 Å². The Morgan fingerprint density at radius 3 is 2.61 bits per heavy atom. The van der Waals surface area contributed by atoms with Crippen molar-refractivity contribution in [3.8, 4) is 0 Å². The predicted molar refractivity (Wildman–Crippen MR) is 71.4 cm³/mol. The second kappa shape index (κ2) is 5.14. The summed E-state index contributed by atoms with van der Waals surface area (Å²) in [6.07, 6.45) is 0. The van der Waals surface area contributed by atoms with E-state index < -0.39 is 6.04 Å². The summed E-state index contributed by atoms with van der Waals surface area (Å²) in [6.45, 7) is 4.31. The Bertz CT molecular complexity index is 590. The molecule has 1 aromatic carbocycles. The third-order valence-electron chi connectivity index (χ3n) is 2.92. The van der Waals surface area contributed by atoms with Gasteiger partial charge in [0.25, 0.3) is 5.56 Å². The number of benzene rings is 1. The minimum Gasteiger partial charge on any atom is -0.320 e. The van der Waals surface area contributed by atoms with Gasteiger partial charge in [-0.05, 0) is 25.5 Å². The molecular formula is C14H17N3O. The molecule has 2 aromatic rings. The highest BCUT2D eigenvalue weighted by molar-refractivity contribution is 5.30. The number of hydrogen-bond donors (Lipinski definition) is 1. The molecule has 1 atom stereocenters. The van der Waals surface area contributed by atoms with Crippen LogP contribution in [0, 0.1) is 6.92 Å². The molecule has 0 saturated heterocycles. The Hall–Kier alpha value is -1.94. The van der Waals surface area contributed by atoms with Crippen LogP contribution in [0.5, 0.6) is 0 Å². The minimum atomic E-state index is -0.404. The van der Waals surface area contributed by atoms with Crippen molar-refractivity contribution in [3.63, 3.8) is 0 Å². The van der Waals surface area contributed by atoms with E-state index in [2.05, 4.69) is 5.10 Å². The van der Waals surface area contributed by atoms with Gasteiger partial charge in [-0.1, -0.05) is 30.3 Å². The van der Waals surface area contributed by atoms with E-state index in [4.69, 9.17) is 5.73 Å². The molecule has 0 aliphatic heterocycles. The Morgan fingerprint density at radius 1 is 1.33 bits per heavy atom. The number of rotatable bonds is 3. The quantitative estimate of drug-likeness (QED) is 0.891. The van der Waals surface area contributed by atoms with Crippen molar-refractivity contribution in [2.75, 3.05) is 0 Å². The summed E-state index contributed by atoms with van der Waals surface area (Å²) in [5.74, 6) is 0. The molecule has 1 unspecified atom stereocenters. The van der Waals surface area contributed by atoms with Crippen LogP contribution < -0.4 is 11.3 Å². The van der Waals surface area contributed by atoms with E-state index in [1.165, 1.54) is 4.68 Å². The van der Waals surface area contributed by atoms with Crippen molar-refractivity contribution in [3.05, 3.63) is 63.6 Å². The summed E-state index contributed by atoms with van der Waals surface area (Å²) in [5, 5.41) is 4.18. The normalized spacial score (nSPS) is 12.4. The number of aryl methyl sites for hydroxylation is 2. The standard InChI is InChI=1S/C14H17N3O/c1-3-17-14(18)12(9-10(2)16-17)13(15)11-7-5-4-6-8-11/h4-9,13H,3,15H2,1-2H3. The van der Waals surface area contributed by atoms with Crippen molar-refractivity contribution in [1.29, 1.82) is 0 Å². The second-order valence-electron chi connectivity index (χ2n) is 4.25. The first-order valence-corrected chi connectivity index (χ1v) is 6.02. The van der Waals surface area contributed by atoms with Crippen LogP contribution in [0.1, 0.15) is 29.8 Å². The van der Waals surface area contributed by atoms with Crippen LogP contribution >= 0.6 is 0 Å². The van der Waals surface area contributed by atoms with Crippen molar-refractivity contribution >= 4 is 0 Å². The lowest BCUT2D eigenvalue weighted by atomic mass is 10.0. The van der Waals surface area contributed by atoms with E-state index in [0.717, 1.165) is 11.3 Å². The molecule has 18 heavy (non-hydrogen) atoms. The van der Waals surface area contributed by atoms with E-state index in [-0.39, 0.29) is 5.56 Å². The van der Waals surface area contributed by atoms with Gasteiger partial charge in [0.2, 0.25) is 0 Å². The van der Waals surface area contributed by atoms with Gasteiger partial charge in [0.05, 0.1) is 11.7 Å². The monoisotopic (exact) mass is 243 g/mol. The average Bonchev–Trinajstić information content (AvgIpc) is 2.41. The van der Waals surface area contributed by atoms with E-state index >= 15 is 0 Å². The van der Waals surface area contributed by atoms with Gasteiger partial charge in [-0.2, -0.15) is 5.10 Å². The molecule has 94 valence electrons. The molecule has 4 heteroatoms. The third kappa shape index (κ3) is 2.33. The smallest absolute Gasteiger partial charge is 0.271 e. The first-order chi connectivity index (χ1) is 8.63. The topological polar surface area (TPSA) is 60.9 Å². The Labute approximate surface area is 106 Å². The fourth-order valence-electron chi connectivity index (χ4n) is 1.98. The van der Waals surface area contributed by atoms with E-state index in [1.54, 1.807) is 6.07 Å². The second-order valence-corrected chi connectivity index (χ2v) is 4.25. The zero-order valence-electron chi connectivity index (χ0n) is 10.6. The lowest BCUT2D eigenvalue weighted by molar-refractivity contribution is 0.591. The van der Waals surface area contributed by atoms with Crippen LogP contribution in [0.15, 0.2) is 41.2 Å². The zero-order chi connectivity index (χ0) is 13.1. The third-order valence-corrected chi connectivity index (χ3v) is 2.92. The van der Waals surface area contributed by atoms with Crippen molar-refractivity contribution in [2.45, 2.75) is 26.4 Å². The molecule has 0 aliphatic rings. The van der Waals surface area contributed by atoms with Gasteiger partial charge >= 0.3 is 0 Å². The number of nitrogens with two attached hydrogens (primary N) is 1. The minimum absolute atomic E-state index is 0.112. The summed E-state index contributed by atoms with van der Waals surface area (Å²) in [5.41, 5.74) is 8.39. The van der Waals surface area contributed by atoms with Gasteiger partial charge in [-0.3, -0.25) is 4.79 Å². The maximum absolute atomic E-state index is 12.2. The molecule has 0 radical (unpaired) electrons. The van der Waals surface area contributed by atoms with Gasteiger partial charge in [0, 0.05) is 12.1 Å².